The lowest BCUT2D eigenvalue weighted by atomic mass is 10.0. The fourth-order valence-electron chi connectivity index (χ4n) is 1.91. The van der Waals surface area contributed by atoms with E-state index in [1.165, 1.54) is 18.2 Å². The van der Waals surface area contributed by atoms with E-state index >= 15 is 0 Å². The van der Waals surface area contributed by atoms with Crippen LogP contribution in [0.25, 0.3) is 0 Å². The lowest BCUT2D eigenvalue weighted by molar-refractivity contribution is -0.130. The van der Waals surface area contributed by atoms with Gasteiger partial charge in [0.25, 0.3) is 5.91 Å². The molecule has 0 aliphatic carbocycles. The Morgan fingerprint density at radius 1 is 1.25 bits per heavy atom. The molecule has 0 aliphatic heterocycles. The topological polar surface area (TPSA) is 69.6 Å². The van der Waals surface area contributed by atoms with Gasteiger partial charge in [-0.1, -0.05) is 37.0 Å². The summed E-state index contributed by atoms with van der Waals surface area (Å²) in [6.07, 6.45) is -0.738. The van der Waals surface area contributed by atoms with Gasteiger partial charge in [0, 0.05) is 10.0 Å². The van der Waals surface area contributed by atoms with Crippen LogP contribution in [0.4, 0.5) is 0 Å². The van der Waals surface area contributed by atoms with Crippen LogP contribution in [0.5, 0.6) is 0 Å². The first-order valence-corrected chi connectivity index (χ1v) is 7.14. The molecule has 0 bridgehead atoms. The smallest absolute Gasteiger partial charge is 0.253 e. The van der Waals surface area contributed by atoms with Crippen molar-refractivity contribution in [2.24, 2.45) is 5.92 Å². The van der Waals surface area contributed by atoms with E-state index in [2.05, 4.69) is 5.32 Å². The molecule has 2 atom stereocenters. The first kappa shape index (κ1) is 17.2. The van der Waals surface area contributed by atoms with Crippen LogP contribution in [0.2, 0.25) is 10.0 Å². The number of amides is 1. The zero-order valence-corrected chi connectivity index (χ0v) is 12.9. The third-order valence-electron chi connectivity index (χ3n) is 2.77. The highest BCUT2D eigenvalue weighted by atomic mass is 35.5. The molecule has 1 aromatic rings. The molecular weight excluding hydrogens is 301 g/mol. The summed E-state index contributed by atoms with van der Waals surface area (Å²) in [6.45, 7) is 3.80. The molecule has 112 valence electrons. The van der Waals surface area contributed by atoms with Crippen LogP contribution >= 0.6 is 23.2 Å². The average molecular weight is 320 g/mol. The average Bonchev–Trinajstić information content (AvgIpc) is 2.35. The Morgan fingerprint density at radius 2 is 1.80 bits per heavy atom. The summed E-state index contributed by atoms with van der Waals surface area (Å²) < 4.78 is 0. The van der Waals surface area contributed by atoms with Crippen molar-refractivity contribution in [2.75, 3.05) is 6.61 Å². The predicted octanol–water partition coefficient (Wildman–Crippen LogP) is 2.55. The number of nitrogens with one attached hydrogen (secondary N) is 1. The third kappa shape index (κ3) is 5.29. The zero-order valence-electron chi connectivity index (χ0n) is 11.4. The normalized spacial score (nSPS) is 14.2. The quantitative estimate of drug-likeness (QED) is 0.754. The van der Waals surface area contributed by atoms with Crippen LogP contribution in [-0.4, -0.2) is 28.8 Å². The van der Waals surface area contributed by atoms with E-state index < -0.39 is 12.0 Å². The summed E-state index contributed by atoms with van der Waals surface area (Å²) in [6, 6.07) is 4.10. The molecule has 6 heteroatoms. The Morgan fingerprint density at radius 3 is 2.25 bits per heavy atom. The number of hydrogen-bond donors (Lipinski definition) is 3. The first-order chi connectivity index (χ1) is 9.33. The molecule has 1 rings (SSSR count). The standard InChI is InChI=1S/C14H19Cl2NO3/c1-8(2)3-12(7-18)17-14(20)13(19)9-4-10(15)6-11(16)5-9/h4-6,8,12-13,18-19H,3,7H2,1-2H3,(H,17,20). The minimum Gasteiger partial charge on any atom is -0.394 e. The fourth-order valence-corrected chi connectivity index (χ4v) is 2.46. The zero-order chi connectivity index (χ0) is 15.3. The Bertz CT molecular complexity index is 445. The molecule has 0 spiro atoms. The molecule has 20 heavy (non-hydrogen) atoms. The van der Waals surface area contributed by atoms with Crippen LogP contribution in [0.1, 0.15) is 31.9 Å². The van der Waals surface area contributed by atoms with Crippen molar-refractivity contribution in [3.8, 4) is 0 Å². The third-order valence-corrected chi connectivity index (χ3v) is 3.21. The van der Waals surface area contributed by atoms with Crippen LogP contribution in [-0.2, 0) is 4.79 Å². The lowest BCUT2D eigenvalue weighted by Gasteiger charge is -2.20. The Kier molecular flexibility index (Phi) is 6.76. The van der Waals surface area contributed by atoms with Gasteiger partial charge in [-0.15, -0.1) is 0 Å². The van der Waals surface area contributed by atoms with E-state index in [0.29, 0.717) is 27.9 Å². The predicted molar refractivity (Wildman–Crippen MR) is 79.9 cm³/mol. The van der Waals surface area contributed by atoms with Gasteiger partial charge in [-0.05, 0) is 36.1 Å². The van der Waals surface area contributed by atoms with Gasteiger partial charge < -0.3 is 15.5 Å². The van der Waals surface area contributed by atoms with Crippen molar-refractivity contribution in [3.05, 3.63) is 33.8 Å². The summed E-state index contributed by atoms with van der Waals surface area (Å²) in [5, 5.41) is 22.5. The van der Waals surface area contributed by atoms with Gasteiger partial charge in [-0.2, -0.15) is 0 Å². The molecule has 1 amide bonds. The Balaban J connectivity index is 2.75. The molecule has 0 saturated heterocycles. The van der Waals surface area contributed by atoms with Crippen molar-refractivity contribution in [3.63, 3.8) is 0 Å². The van der Waals surface area contributed by atoms with Crippen molar-refractivity contribution in [1.82, 2.24) is 5.32 Å². The molecule has 0 radical (unpaired) electrons. The van der Waals surface area contributed by atoms with E-state index in [4.69, 9.17) is 23.2 Å². The minimum atomic E-state index is -1.37. The van der Waals surface area contributed by atoms with Crippen molar-refractivity contribution in [1.29, 1.82) is 0 Å². The van der Waals surface area contributed by atoms with E-state index in [1.54, 1.807) is 0 Å². The van der Waals surface area contributed by atoms with E-state index in [0.717, 1.165) is 0 Å². The Hall–Kier alpha value is -0.810. The lowest BCUT2D eigenvalue weighted by Crippen LogP contribution is -2.41. The van der Waals surface area contributed by atoms with E-state index in [-0.39, 0.29) is 12.6 Å². The molecule has 0 aromatic heterocycles. The summed E-state index contributed by atoms with van der Waals surface area (Å²) in [7, 11) is 0. The van der Waals surface area contributed by atoms with Crippen molar-refractivity contribution < 1.29 is 15.0 Å². The molecule has 1 aromatic carbocycles. The number of rotatable bonds is 6. The number of carbonyl (C=O) groups is 1. The van der Waals surface area contributed by atoms with E-state index in [1.807, 2.05) is 13.8 Å². The van der Waals surface area contributed by atoms with E-state index in [9.17, 15) is 15.0 Å². The monoisotopic (exact) mass is 319 g/mol. The highest BCUT2D eigenvalue weighted by Gasteiger charge is 2.21. The maximum Gasteiger partial charge on any atom is 0.253 e. The fraction of sp³-hybridized carbons (Fsp3) is 0.500. The number of hydrogen-bond acceptors (Lipinski definition) is 3. The molecule has 0 aliphatic rings. The molecule has 0 heterocycles. The summed E-state index contributed by atoms with van der Waals surface area (Å²) in [4.78, 5) is 12.0. The number of aliphatic hydroxyl groups is 2. The number of benzene rings is 1. The largest absolute Gasteiger partial charge is 0.394 e. The summed E-state index contributed by atoms with van der Waals surface area (Å²) in [5.74, 6) is -0.256. The van der Waals surface area contributed by atoms with Gasteiger partial charge >= 0.3 is 0 Å². The van der Waals surface area contributed by atoms with Gasteiger partial charge in [-0.25, -0.2) is 0 Å². The highest BCUT2D eigenvalue weighted by Crippen LogP contribution is 2.23. The second kappa shape index (κ2) is 7.84. The molecule has 0 fully saturated rings. The van der Waals surface area contributed by atoms with Gasteiger partial charge in [0.1, 0.15) is 0 Å². The highest BCUT2D eigenvalue weighted by molar-refractivity contribution is 6.34. The number of carbonyl (C=O) groups excluding carboxylic acids is 1. The van der Waals surface area contributed by atoms with Crippen LogP contribution in [0, 0.1) is 5.92 Å². The molecular formula is C14H19Cl2NO3. The van der Waals surface area contributed by atoms with Gasteiger partial charge in [0.15, 0.2) is 6.10 Å². The maximum atomic E-state index is 12.0. The van der Waals surface area contributed by atoms with Crippen LogP contribution < -0.4 is 5.32 Å². The summed E-state index contributed by atoms with van der Waals surface area (Å²) in [5.41, 5.74) is 0.321. The SMILES string of the molecule is CC(C)CC(CO)NC(=O)C(O)c1cc(Cl)cc(Cl)c1. The number of aliphatic hydroxyl groups excluding tert-OH is 2. The molecule has 0 saturated carbocycles. The van der Waals surface area contributed by atoms with Crippen molar-refractivity contribution in [2.45, 2.75) is 32.4 Å². The minimum absolute atomic E-state index is 0.174. The van der Waals surface area contributed by atoms with Crippen LogP contribution in [0.3, 0.4) is 0 Å². The second-order valence-electron chi connectivity index (χ2n) is 5.12. The Labute approximate surface area is 128 Å². The van der Waals surface area contributed by atoms with Crippen molar-refractivity contribution >= 4 is 29.1 Å². The first-order valence-electron chi connectivity index (χ1n) is 6.38. The van der Waals surface area contributed by atoms with Gasteiger partial charge in [0.2, 0.25) is 0 Å². The second-order valence-corrected chi connectivity index (χ2v) is 6.00. The molecule has 3 N–H and O–H groups in total. The molecule has 4 nitrogen and oxygen atoms in total. The van der Waals surface area contributed by atoms with Gasteiger partial charge in [0.05, 0.1) is 12.6 Å². The van der Waals surface area contributed by atoms with Gasteiger partial charge in [-0.3, -0.25) is 4.79 Å². The summed E-state index contributed by atoms with van der Waals surface area (Å²) >= 11 is 11.7. The maximum absolute atomic E-state index is 12.0. The number of halogens is 2. The molecule has 2 unspecified atom stereocenters. The van der Waals surface area contributed by atoms with Crippen LogP contribution in [0.15, 0.2) is 18.2 Å².